The van der Waals surface area contributed by atoms with Crippen molar-refractivity contribution in [2.24, 2.45) is 0 Å². The first-order valence-corrected chi connectivity index (χ1v) is 7.39. The Morgan fingerprint density at radius 3 is 2.70 bits per heavy atom. The van der Waals surface area contributed by atoms with E-state index in [0.717, 1.165) is 5.75 Å². The maximum atomic E-state index is 11.9. The van der Waals surface area contributed by atoms with E-state index >= 15 is 0 Å². The summed E-state index contributed by atoms with van der Waals surface area (Å²) in [4.78, 5) is 25.2. The van der Waals surface area contributed by atoms with Crippen LogP contribution in [0.5, 0.6) is 5.75 Å². The van der Waals surface area contributed by atoms with Crippen molar-refractivity contribution < 1.29 is 18.7 Å². The standard InChI is InChI=1S/C17H20N2O4/c1-19(9-5-10-23-15-6-3-2-4-7-15)16(20)12-18-17(21)14-8-11-22-13-14/h2-4,6-8,11,13H,5,9-10,12H2,1H3,(H,18,21). The summed E-state index contributed by atoms with van der Waals surface area (Å²) in [5, 5.41) is 2.56. The average molecular weight is 316 g/mol. The Labute approximate surface area is 135 Å². The van der Waals surface area contributed by atoms with Gasteiger partial charge in [0.25, 0.3) is 5.91 Å². The molecule has 23 heavy (non-hydrogen) atoms. The third kappa shape index (κ3) is 5.50. The number of rotatable bonds is 8. The zero-order valence-corrected chi connectivity index (χ0v) is 13.0. The highest BCUT2D eigenvalue weighted by Gasteiger charge is 2.12. The number of amides is 2. The Hall–Kier alpha value is -2.76. The molecular weight excluding hydrogens is 296 g/mol. The zero-order valence-electron chi connectivity index (χ0n) is 13.0. The van der Waals surface area contributed by atoms with E-state index in [4.69, 9.17) is 9.15 Å². The van der Waals surface area contributed by atoms with Crippen molar-refractivity contribution in [1.29, 1.82) is 0 Å². The van der Waals surface area contributed by atoms with Crippen molar-refractivity contribution in [1.82, 2.24) is 10.2 Å². The van der Waals surface area contributed by atoms with E-state index in [-0.39, 0.29) is 18.4 Å². The molecule has 122 valence electrons. The molecule has 0 fully saturated rings. The Bertz CT molecular complexity index is 611. The molecule has 2 rings (SSSR count). The number of benzene rings is 1. The molecule has 0 saturated heterocycles. The number of furan rings is 1. The fourth-order valence-electron chi connectivity index (χ4n) is 1.92. The highest BCUT2D eigenvalue weighted by Crippen LogP contribution is 2.08. The number of nitrogens with one attached hydrogen (secondary N) is 1. The molecule has 0 aliphatic rings. The average Bonchev–Trinajstić information content (AvgIpc) is 3.11. The highest BCUT2D eigenvalue weighted by molar-refractivity contribution is 5.96. The molecule has 1 aromatic carbocycles. The number of ether oxygens (including phenoxy) is 1. The molecule has 0 aliphatic carbocycles. The van der Waals surface area contributed by atoms with Crippen LogP contribution >= 0.6 is 0 Å². The van der Waals surface area contributed by atoms with Crippen LogP contribution in [0.2, 0.25) is 0 Å². The van der Waals surface area contributed by atoms with Crippen LogP contribution in [0.3, 0.4) is 0 Å². The van der Waals surface area contributed by atoms with Gasteiger partial charge in [-0.3, -0.25) is 9.59 Å². The van der Waals surface area contributed by atoms with Gasteiger partial charge in [0.1, 0.15) is 12.0 Å². The third-order valence-corrected chi connectivity index (χ3v) is 3.26. The van der Waals surface area contributed by atoms with Gasteiger partial charge >= 0.3 is 0 Å². The third-order valence-electron chi connectivity index (χ3n) is 3.26. The normalized spacial score (nSPS) is 10.1. The molecule has 0 saturated carbocycles. The van der Waals surface area contributed by atoms with Gasteiger partial charge in [-0.15, -0.1) is 0 Å². The molecular formula is C17H20N2O4. The summed E-state index contributed by atoms with van der Waals surface area (Å²) < 4.78 is 10.4. The summed E-state index contributed by atoms with van der Waals surface area (Å²) in [6, 6.07) is 11.1. The first kappa shape index (κ1) is 16.6. The molecule has 6 nitrogen and oxygen atoms in total. The molecule has 1 heterocycles. The van der Waals surface area contributed by atoms with Crippen molar-refractivity contribution in [3.05, 3.63) is 54.5 Å². The number of nitrogens with zero attached hydrogens (tertiary/aromatic N) is 1. The molecule has 1 N–H and O–H groups in total. The van der Waals surface area contributed by atoms with Crippen LogP contribution in [0.15, 0.2) is 53.3 Å². The maximum Gasteiger partial charge on any atom is 0.254 e. The van der Waals surface area contributed by atoms with E-state index in [1.54, 1.807) is 18.0 Å². The largest absolute Gasteiger partial charge is 0.494 e. The Morgan fingerprint density at radius 2 is 2.00 bits per heavy atom. The second kappa shape index (κ2) is 8.63. The van der Waals surface area contributed by atoms with Gasteiger partial charge in [-0.1, -0.05) is 18.2 Å². The second-order valence-electron chi connectivity index (χ2n) is 5.03. The van der Waals surface area contributed by atoms with Crippen molar-refractivity contribution in [2.45, 2.75) is 6.42 Å². The number of hydrogen-bond acceptors (Lipinski definition) is 4. The summed E-state index contributed by atoms with van der Waals surface area (Å²) >= 11 is 0. The van der Waals surface area contributed by atoms with Gasteiger partial charge in [-0.25, -0.2) is 0 Å². The molecule has 0 spiro atoms. The molecule has 0 radical (unpaired) electrons. The van der Waals surface area contributed by atoms with Gasteiger partial charge < -0.3 is 19.4 Å². The first-order valence-electron chi connectivity index (χ1n) is 7.39. The summed E-state index contributed by atoms with van der Waals surface area (Å²) in [7, 11) is 1.70. The summed E-state index contributed by atoms with van der Waals surface area (Å²) in [5.74, 6) is 0.336. The Morgan fingerprint density at radius 1 is 1.22 bits per heavy atom. The minimum atomic E-state index is -0.326. The minimum absolute atomic E-state index is 0.0416. The molecule has 6 heteroatoms. The lowest BCUT2D eigenvalue weighted by molar-refractivity contribution is -0.128. The molecule has 1 aromatic heterocycles. The van der Waals surface area contributed by atoms with E-state index in [1.165, 1.54) is 12.5 Å². The predicted octanol–water partition coefficient (Wildman–Crippen LogP) is 1.94. The van der Waals surface area contributed by atoms with Crippen LogP contribution in [0.1, 0.15) is 16.8 Å². The van der Waals surface area contributed by atoms with Crippen LogP contribution in [-0.2, 0) is 4.79 Å². The van der Waals surface area contributed by atoms with Gasteiger partial charge in [-0.05, 0) is 24.6 Å². The van der Waals surface area contributed by atoms with Crippen LogP contribution < -0.4 is 10.1 Å². The van der Waals surface area contributed by atoms with Crippen LogP contribution in [0.25, 0.3) is 0 Å². The number of hydrogen-bond donors (Lipinski definition) is 1. The summed E-state index contributed by atoms with van der Waals surface area (Å²) in [5.41, 5.74) is 0.400. The van der Waals surface area contributed by atoms with Gasteiger partial charge in [0, 0.05) is 13.6 Å². The van der Waals surface area contributed by atoms with Crippen molar-refractivity contribution in [2.75, 3.05) is 26.7 Å². The topological polar surface area (TPSA) is 71.8 Å². The van der Waals surface area contributed by atoms with Gasteiger partial charge in [0.05, 0.1) is 25.0 Å². The van der Waals surface area contributed by atoms with Gasteiger partial charge in [-0.2, -0.15) is 0 Å². The van der Waals surface area contributed by atoms with Crippen molar-refractivity contribution in [3.63, 3.8) is 0 Å². The monoisotopic (exact) mass is 316 g/mol. The highest BCUT2D eigenvalue weighted by atomic mass is 16.5. The predicted molar refractivity (Wildman–Crippen MR) is 85.2 cm³/mol. The SMILES string of the molecule is CN(CCCOc1ccccc1)C(=O)CNC(=O)c1ccoc1. The second-order valence-corrected chi connectivity index (χ2v) is 5.03. The van der Waals surface area contributed by atoms with Crippen LogP contribution in [0, 0.1) is 0 Å². The van der Waals surface area contributed by atoms with E-state index in [0.29, 0.717) is 25.1 Å². The quantitative estimate of drug-likeness (QED) is 0.756. The number of para-hydroxylation sites is 1. The summed E-state index contributed by atoms with van der Waals surface area (Å²) in [6.45, 7) is 1.05. The zero-order chi connectivity index (χ0) is 16.5. The fourth-order valence-corrected chi connectivity index (χ4v) is 1.92. The minimum Gasteiger partial charge on any atom is -0.494 e. The van der Waals surface area contributed by atoms with Gasteiger partial charge in [0.15, 0.2) is 0 Å². The molecule has 0 atom stereocenters. The molecule has 0 aliphatic heterocycles. The smallest absolute Gasteiger partial charge is 0.254 e. The van der Waals surface area contributed by atoms with Crippen molar-refractivity contribution >= 4 is 11.8 Å². The first-order chi connectivity index (χ1) is 11.2. The lowest BCUT2D eigenvalue weighted by atomic mass is 10.3. The lowest BCUT2D eigenvalue weighted by Gasteiger charge is -2.17. The maximum absolute atomic E-state index is 11.9. The van der Waals surface area contributed by atoms with Gasteiger partial charge in [0.2, 0.25) is 5.91 Å². The molecule has 0 unspecified atom stereocenters. The summed E-state index contributed by atoms with van der Waals surface area (Å²) in [6.07, 6.45) is 3.47. The van der Waals surface area contributed by atoms with Crippen LogP contribution in [-0.4, -0.2) is 43.5 Å². The lowest BCUT2D eigenvalue weighted by Crippen LogP contribution is -2.38. The Balaban J connectivity index is 1.62. The van der Waals surface area contributed by atoms with E-state index in [1.807, 2.05) is 30.3 Å². The van der Waals surface area contributed by atoms with E-state index < -0.39 is 0 Å². The Kier molecular flexibility index (Phi) is 6.23. The van der Waals surface area contributed by atoms with Crippen LogP contribution in [0.4, 0.5) is 0 Å². The molecule has 2 aromatic rings. The molecule has 0 bridgehead atoms. The van der Waals surface area contributed by atoms with E-state index in [2.05, 4.69) is 5.32 Å². The number of carbonyl (C=O) groups excluding carboxylic acids is 2. The van der Waals surface area contributed by atoms with Crippen molar-refractivity contribution in [3.8, 4) is 5.75 Å². The molecule has 2 amide bonds. The fraction of sp³-hybridized carbons (Fsp3) is 0.294. The number of carbonyl (C=O) groups is 2. The van der Waals surface area contributed by atoms with E-state index in [9.17, 15) is 9.59 Å². The number of likely N-dealkylation sites (N-methyl/N-ethyl adjacent to an activating group) is 1.